The topological polar surface area (TPSA) is 306 Å². The molecule has 8 N–H and O–H groups in total. The average Bonchev–Trinajstić information content (AvgIpc) is 4.27. The number of amides is 8. The highest BCUT2D eigenvalue weighted by Gasteiger charge is 2.39. The van der Waals surface area contributed by atoms with E-state index in [9.17, 15) is 53.1 Å². The average molecular weight is 1170 g/mol. The maximum absolute atomic E-state index is 14.7. The minimum atomic E-state index is -1.34. The lowest BCUT2D eigenvalue weighted by atomic mass is 9.93. The SMILES string of the molecule is CCCC[N+](C)(CC(=O)N[C@H](C(=O)N(C)[C@H](C[C@@H](OC(C)=O)c1nc(C(=O)N[C@@H](Cc2ccccc2)C[C@H](C)C(=O)O)cs1)C(C)C)[C@@H](C)CC)Cc1ccc(NC(=O)[C@H](C)NC(=O)[C@@H](NC(=O)[C@H](CN)N2C(=O)C=CC2=O)C(C)C)cc1. The molecule has 1 aliphatic heterocycles. The van der Waals surface area contributed by atoms with Crippen LogP contribution in [0.5, 0.6) is 0 Å². The number of hydrogen-bond acceptors (Lipinski definition) is 14. The number of aromatic nitrogens is 1. The molecule has 8 amide bonds. The molecule has 0 aliphatic carbocycles. The van der Waals surface area contributed by atoms with Gasteiger partial charge in [-0.1, -0.05) is 111 Å². The molecule has 0 bridgehead atoms. The number of carboxylic acid groups (broad SMARTS) is 1. The fraction of sp³-hybridized carbons (Fsp3) is 0.550. The fourth-order valence-corrected chi connectivity index (χ4v) is 10.7. The first-order chi connectivity index (χ1) is 39.1. The van der Waals surface area contributed by atoms with Crippen LogP contribution in [0.15, 0.2) is 72.1 Å². The Morgan fingerprint density at radius 2 is 1.43 bits per heavy atom. The minimum Gasteiger partial charge on any atom is -0.481 e. The first-order valence-electron chi connectivity index (χ1n) is 28.5. The van der Waals surface area contributed by atoms with E-state index in [1.807, 2.05) is 77.2 Å². The number of benzene rings is 2. The second-order valence-electron chi connectivity index (χ2n) is 22.7. The molecule has 10 atom stereocenters. The van der Waals surface area contributed by atoms with Crippen molar-refractivity contribution in [3.05, 3.63) is 94.0 Å². The van der Waals surface area contributed by atoms with Crippen LogP contribution in [0.25, 0.3) is 0 Å². The summed E-state index contributed by atoms with van der Waals surface area (Å²) >= 11 is 1.14. The number of quaternary nitrogens is 1. The number of aliphatic carboxylic acids is 1. The van der Waals surface area contributed by atoms with Gasteiger partial charge in [0.15, 0.2) is 12.6 Å². The Bertz CT molecular complexity index is 2750. The standard InChI is InChI=1S/C60H86N10O12S/c1-13-15-27-70(12,32-42-21-23-43(24-22-42)63-54(75)39(9)62-57(78)52(36(5)6)67-56(77)47(31-61)69-50(73)25-26-51(69)74)33-49(72)66-53(37(7)14-2)59(79)68(11)46(35(3)4)30-48(82-40(10)71)58-65-45(34-83-58)55(76)64-44(28-38(8)60(80)81)29-41-19-17-16-18-20-41/h16-26,34-39,44,46-48,52-53H,13-15,27-33,61H2,1-12H3,(H5-,62,63,64,66,67,72,75,76,77,78,80,81)/p+1/t37-,38-,39-,44+,46+,47-,48+,52-,53-,70?/m0/s1. The van der Waals surface area contributed by atoms with Gasteiger partial charge in [0.2, 0.25) is 23.6 Å². The van der Waals surface area contributed by atoms with Gasteiger partial charge in [0.05, 0.1) is 19.5 Å². The minimum absolute atomic E-state index is 0.0454. The molecule has 0 spiro atoms. The number of ether oxygens (including phenoxy) is 1. The molecule has 4 rings (SSSR count). The van der Waals surface area contributed by atoms with E-state index in [1.165, 1.54) is 13.8 Å². The normalized spacial score (nSPS) is 16.3. The number of nitrogens with one attached hydrogen (secondary N) is 5. The number of hydrogen-bond donors (Lipinski definition) is 7. The van der Waals surface area contributed by atoms with Gasteiger partial charge in [-0.05, 0) is 61.6 Å². The Kier molecular flexibility index (Phi) is 26.2. The van der Waals surface area contributed by atoms with Crippen molar-refractivity contribution >= 4 is 76.2 Å². The third-order valence-corrected chi connectivity index (χ3v) is 15.9. The van der Waals surface area contributed by atoms with Crippen molar-refractivity contribution in [1.82, 2.24) is 36.1 Å². The number of nitrogens with two attached hydrogens (primary N) is 1. The highest BCUT2D eigenvalue weighted by molar-refractivity contribution is 7.09. The van der Waals surface area contributed by atoms with Crippen LogP contribution in [0, 0.1) is 23.7 Å². The number of esters is 1. The zero-order chi connectivity index (χ0) is 61.9. The van der Waals surface area contributed by atoms with Crippen molar-refractivity contribution in [2.75, 3.05) is 39.0 Å². The second kappa shape index (κ2) is 31.9. The van der Waals surface area contributed by atoms with Gasteiger partial charge < -0.3 is 51.5 Å². The van der Waals surface area contributed by atoms with Crippen LogP contribution in [0.1, 0.15) is 134 Å². The Hall–Kier alpha value is -7.37. The molecule has 3 aromatic rings. The Labute approximate surface area is 491 Å². The van der Waals surface area contributed by atoms with Crippen LogP contribution in [0.4, 0.5) is 5.69 Å². The number of likely N-dealkylation sites (N-methyl/N-ethyl adjacent to an activating group) is 2. The third kappa shape index (κ3) is 20.2. The highest BCUT2D eigenvalue weighted by Crippen LogP contribution is 2.31. The molecular formula is C60H87N10O12S+. The lowest BCUT2D eigenvalue weighted by Gasteiger charge is -2.38. The van der Waals surface area contributed by atoms with Gasteiger partial charge in [-0.15, -0.1) is 11.3 Å². The number of thiazole rings is 1. The van der Waals surface area contributed by atoms with Crippen LogP contribution in [-0.4, -0.2) is 154 Å². The lowest BCUT2D eigenvalue weighted by molar-refractivity contribution is -0.915. The molecule has 0 radical (unpaired) electrons. The van der Waals surface area contributed by atoms with Crippen molar-refractivity contribution in [3.8, 4) is 0 Å². The van der Waals surface area contributed by atoms with Crippen LogP contribution in [-0.2, 0) is 60.9 Å². The summed E-state index contributed by atoms with van der Waals surface area (Å²) < 4.78 is 6.14. The summed E-state index contributed by atoms with van der Waals surface area (Å²) in [6.45, 7) is 18.3. The van der Waals surface area contributed by atoms with Crippen molar-refractivity contribution < 1.29 is 62.3 Å². The molecule has 0 saturated heterocycles. The molecule has 454 valence electrons. The van der Waals surface area contributed by atoms with E-state index in [0.29, 0.717) is 41.1 Å². The summed E-state index contributed by atoms with van der Waals surface area (Å²) in [5.74, 6) is -7.69. The van der Waals surface area contributed by atoms with Crippen LogP contribution < -0.4 is 32.3 Å². The monoisotopic (exact) mass is 1170 g/mol. The number of anilines is 1. The van der Waals surface area contributed by atoms with E-state index in [0.717, 1.165) is 52.4 Å². The quantitative estimate of drug-likeness (QED) is 0.0243. The van der Waals surface area contributed by atoms with Gasteiger partial charge in [0.1, 0.15) is 41.4 Å². The van der Waals surface area contributed by atoms with Gasteiger partial charge in [-0.25, -0.2) is 4.98 Å². The van der Waals surface area contributed by atoms with E-state index in [2.05, 4.69) is 38.5 Å². The molecular weight excluding hydrogens is 1080 g/mol. The number of nitrogens with zero attached hydrogens (tertiary/aromatic N) is 4. The van der Waals surface area contributed by atoms with E-state index >= 15 is 0 Å². The number of carbonyl (C=O) groups excluding carboxylic acids is 9. The molecule has 83 heavy (non-hydrogen) atoms. The smallest absolute Gasteiger partial charge is 0.306 e. The molecule has 0 saturated carbocycles. The molecule has 1 aliphatic rings. The van der Waals surface area contributed by atoms with Crippen molar-refractivity contribution in [2.45, 2.75) is 157 Å². The zero-order valence-electron chi connectivity index (χ0n) is 50.1. The zero-order valence-corrected chi connectivity index (χ0v) is 50.9. The molecule has 2 aromatic carbocycles. The largest absolute Gasteiger partial charge is 0.481 e. The maximum atomic E-state index is 14.7. The van der Waals surface area contributed by atoms with E-state index < -0.39 is 102 Å². The summed E-state index contributed by atoms with van der Waals surface area (Å²) in [7, 11) is 3.65. The van der Waals surface area contributed by atoms with E-state index in [4.69, 9.17) is 10.5 Å². The van der Waals surface area contributed by atoms with Crippen LogP contribution >= 0.6 is 11.3 Å². The molecule has 1 aromatic heterocycles. The first-order valence-corrected chi connectivity index (χ1v) is 29.4. The number of imide groups is 1. The van der Waals surface area contributed by atoms with Crippen molar-refractivity contribution in [1.29, 1.82) is 0 Å². The summed E-state index contributed by atoms with van der Waals surface area (Å²) in [5.41, 5.74) is 8.08. The molecule has 22 nitrogen and oxygen atoms in total. The van der Waals surface area contributed by atoms with Crippen LogP contribution in [0.3, 0.4) is 0 Å². The first kappa shape index (κ1) is 68.1. The second-order valence-corrected chi connectivity index (χ2v) is 23.6. The highest BCUT2D eigenvalue weighted by atomic mass is 32.1. The summed E-state index contributed by atoms with van der Waals surface area (Å²) in [5, 5.41) is 25.6. The number of unbranched alkanes of at least 4 members (excludes halogenated alkanes) is 1. The predicted molar refractivity (Wildman–Crippen MR) is 315 cm³/mol. The molecule has 23 heteroatoms. The van der Waals surface area contributed by atoms with Gasteiger partial charge in [0.25, 0.3) is 23.6 Å². The number of carboxylic acids is 1. The number of rotatable bonds is 33. The van der Waals surface area contributed by atoms with E-state index in [1.54, 1.807) is 50.2 Å². The Morgan fingerprint density at radius 1 is 0.795 bits per heavy atom. The summed E-state index contributed by atoms with van der Waals surface area (Å²) in [6, 6.07) is 11.1. The Morgan fingerprint density at radius 3 is 1.99 bits per heavy atom. The van der Waals surface area contributed by atoms with Gasteiger partial charge in [-0.2, -0.15) is 0 Å². The predicted octanol–water partition coefficient (Wildman–Crippen LogP) is 4.89. The van der Waals surface area contributed by atoms with Gasteiger partial charge in [0, 0.05) is 67.8 Å². The van der Waals surface area contributed by atoms with E-state index in [-0.39, 0.29) is 55.3 Å². The summed E-state index contributed by atoms with van der Waals surface area (Å²) in [6.07, 6.45) is 4.11. The molecule has 2 heterocycles. The van der Waals surface area contributed by atoms with Crippen LogP contribution in [0.2, 0.25) is 0 Å². The third-order valence-electron chi connectivity index (χ3n) is 15.0. The van der Waals surface area contributed by atoms with Gasteiger partial charge in [-0.3, -0.25) is 52.8 Å². The fourth-order valence-electron chi connectivity index (χ4n) is 9.89. The summed E-state index contributed by atoms with van der Waals surface area (Å²) in [4.78, 5) is 139. The number of carbonyl (C=O) groups is 10. The van der Waals surface area contributed by atoms with Gasteiger partial charge >= 0.3 is 11.9 Å². The lowest BCUT2D eigenvalue weighted by Crippen LogP contribution is -2.59. The molecule has 1 unspecified atom stereocenters. The molecule has 0 fully saturated rings. The van der Waals surface area contributed by atoms with Crippen molar-refractivity contribution in [2.24, 2.45) is 29.4 Å². The Balaban J connectivity index is 1.43. The maximum Gasteiger partial charge on any atom is 0.306 e. The van der Waals surface area contributed by atoms with Crippen molar-refractivity contribution in [3.63, 3.8) is 0 Å².